The molecule has 3 nitrogen and oxygen atoms in total. The molecule has 0 aliphatic carbocycles. The van der Waals surface area contributed by atoms with Gasteiger partial charge >= 0.3 is 5.97 Å². The normalized spacial score (nSPS) is 10.3. The average Bonchev–Trinajstić information content (AvgIpc) is 2.33. The molecular formula is C13H9BrO3S. The zero-order chi connectivity index (χ0) is 13.1. The molecule has 0 spiro atoms. The van der Waals surface area contributed by atoms with Crippen LogP contribution in [0.5, 0.6) is 5.75 Å². The number of phenolic OH excluding ortho intramolecular Hbond substituents is 1. The van der Waals surface area contributed by atoms with Crippen molar-refractivity contribution in [2.24, 2.45) is 0 Å². The standard InChI is InChI=1S/C13H9BrO3S/c14-11-7-9(15)3-6-12(11)18-10-4-1-8(2-5-10)13(16)17/h1-7,15H,(H,16,17). The predicted octanol–water partition coefficient (Wildman–Crippen LogP) is 4.00. The molecule has 0 unspecified atom stereocenters. The van der Waals surface area contributed by atoms with Gasteiger partial charge in [-0.25, -0.2) is 4.79 Å². The molecule has 0 radical (unpaired) electrons. The second kappa shape index (κ2) is 5.46. The van der Waals surface area contributed by atoms with Gasteiger partial charge in [0.1, 0.15) is 5.75 Å². The van der Waals surface area contributed by atoms with Crippen LogP contribution >= 0.6 is 27.7 Å². The van der Waals surface area contributed by atoms with Gasteiger partial charge < -0.3 is 10.2 Å². The van der Waals surface area contributed by atoms with Gasteiger partial charge in [-0.1, -0.05) is 11.8 Å². The number of halogens is 1. The van der Waals surface area contributed by atoms with Gasteiger partial charge in [-0.15, -0.1) is 0 Å². The number of carboxylic acid groups (broad SMARTS) is 1. The van der Waals surface area contributed by atoms with E-state index in [1.807, 2.05) is 0 Å². The van der Waals surface area contributed by atoms with E-state index in [-0.39, 0.29) is 11.3 Å². The lowest BCUT2D eigenvalue weighted by Gasteiger charge is -2.05. The Bertz CT molecular complexity index is 581. The first kappa shape index (κ1) is 13.0. The Morgan fingerprint density at radius 3 is 2.33 bits per heavy atom. The molecule has 0 aromatic heterocycles. The van der Waals surface area contributed by atoms with Gasteiger partial charge in [0.15, 0.2) is 0 Å². The fourth-order valence-electron chi connectivity index (χ4n) is 1.37. The van der Waals surface area contributed by atoms with Crippen LogP contribution in [0.25, 0.3) is 0 Å². The summed E-state index contributed by atoms with van der Waals surface area (Å²) in [6, 6.07) is 11.7. The molecule has 2 rings (SSSR count). The maximum absolute atomic E-state index is 10.7. The third kappa shape index (κ3) is 3.05. The van der Waals surface area contributed by atoms with Gasteiger partial charge in [-0.2, -0.15) is 0 Å². The summed E-state index contributed by atoms with van der Waals surface area (Å²) in [7, 11) is 0. The highest BCUT2D eigenvalue weighted by molar-refractivity contribution is 9.10. The third-order valence-electron chi connectivity index (χ3n) is 2.24. The Morgan fingerprint density at radius 2 is 1.78 bits per heavy atom. The summed E-state index contributed by atoms with van der Waals surface area (Å²) in [6.45, 7) is 0. The maximum atomic E-state index is 10.7. The first-order valence-corrected chi connectivity index (χ1v) is 6.67. The fourth-order valence-corrected chi connectivity index (χ4v) is 2.79. The molecule has 0 bridgehead atoms. The van der Waals surface area contributed by atoms with Crippen LogP contribution in [0.15, 0.2) is 56.7 Å². The molecule has 2 aromatic rings. The minimum atomic E-state index is -0.933. The van der Waals surface area contributed by atoms with Crippen LogP contribution in [0.4, 0.5) is 0 Å². The monoisotopic (exact) mass is 324 g/mol. The van der Waals surface area contributed by atoms with E-state index in [2.05, 4.69) is 15.9 Å². The van der Waals surface area contributed by atoms with Crippen molar-refractivity contribution in [2.45, 2.75) is 9.79 Å². The molecular weight excluding hydrogens is 316 g/mol. The second-order valence-electron chi connectivity index (χ2n) is 3.55. The Labute approximate surface area is 117 Å². The van der Waals surface area contributed by atoms with Crippen molar-refractivity contribution in [3.8, 4) is 5.75 Å². The molecule has 0 atom stereocenters. The first-order chi connectivity index (χ1) is 8.56. The average molecular weight is 325 g/mol. The van der Waals surface area contributed by atoms with Gasteiger partial charge in [-0.05, 0) is 58.4 Å². The third-order valence-corrected chi connectivity index (χ3v) is 4.25. The largest absolute Gasteiger partial charge is 0.508 e. The van der Waals surface area contributed by atoms with E-state index in [1.54, 1.807) is 42.5 Å². The molecule has 5 heteroatoms. The summed E-state index contributed by atoms with van der Waals surface area (Å²) in [5.41, 5.74) is 0.268. The molecule has 0 heterocycles. The van der Waals surface area contributed by atoms with Crippen molar-refractivity contribution >= 4 is 33.7 Å². The van der Waals surface area contributed by atoms with Crippen molar-refractivity contribution in [3.05, 3.63) is 52.5 Å². The molecule has 18 heavy (non-hydrogen) atoms. The maximum Gasteiger partial charge on any atom is 0.335 e. The lowest BCUT2D eigenvalue weighted by molar-refractivity contribution is 0.0697. The molecule has 0 aliphatic heterocycles. The summed E-state index contributed by atoms with van der Waals surface area (Å²) in [6.07, 6.45) is 0. The molecule has 0 saturated carbocycles. The van der Waals surface area contributed by atoms with Gasteiger partial charge in [0.05, 0.1) is 5.56 Å². The van der Waals surface area contributed by atoms with Gasteiger partial charge in [-0.3, -0.25) is 0 Å². The zero-order valence-corrected chi connectivity index (χ0v) is 11.5. The highest BCUT2D eigenvalue weighted by atomic mass is 79.9. The molecule has 0 fully saturated rings. The van der Waals surface area contributed by atoms with E-state index in [9.17, 15) is 9.90 Å². The number of benzene rings is 2. The minimum absolute atomic E-state index is 0.201. The Balaban J connectivity index is 2.21. The number of hydrogen-bond acceptors (Lipinski definition) is 3. The lowest BCUT2D eigenvalue weighted by atomic mass is 10.2. The fraction of sp³-hybridized carbons (Fsp3) is 0. The minimum Gasteiger partial charge on any atom is -0.508 e. The number of rotatable bonds is 3. The topological polar surface area (TPSA) is 57.5 Å². The van der Waals surface area contributed by atoms with E-state index in [0.29, 0.717) is 0 Å². The second-order valence-corrected chi connectivity index (χ2v) is 5.52. The highest BCUT2D eigenvalue weighted by Crippen LogP contribution is 2.35. The Hall–Kier alpha value is -1.46. The Kier molecular flexibility index (Phi) is 3.93. The zero-order valence-electron chi connectivity index (χ0n) is 9.13. The summed E-state index contributed by atoms with van der Waals surface area (Å²) in [5.74, 6) is -0.732. The smallest absolute Gasteiger partial charge is 0.335 e. The first-order valence-electron chi connectivity index (χ1n) is 5.06. The molecule has 2 aromatic carbocycles. The summed E-state index contributed by atoms with van der Waals surface area (Å²) < 4.78 is 0.801. The summed E-state index contributed by atoms with van der Waals surface area (Å²) in [5, 5.41) is 18.1. The highest BCUT2D eigenvalue weighted by Gasteiger charge is 2.05. The van der Waals surface area contributed by atoms with Crippen LogP contribution < -0.4 is 0 Å². The summed E-state index contributed by atoms with van der Waals surface area (Å²) >= 11 is 4.86. The molecule has 92 valence electrons. The molecule has 2 N–H and O–H groups in total. The number of phenols is 1. The number of hydrogen-bond donors (Lipinski definition) is 2. The van der Waals surface area contributed by atoms with Crippen molar-refractivity contribution in [3.63, 3.8) is 0 Å². The van der Waals surface area contributed by atoms with Gasteiger partial charge in [0, 0.05) is 14.3 Å². The van der Waals surface area contributed by atoms with Crippen LogP contribution in [0.3, 0.4) is 0 Å². The van der Waals surface area contributed by atoms with E-state index >= 15 is 0 Å². The number of carboxylic acids is 1. The van der Waals surface area contributed by atoms with Crippen molar-refractivity contribution in [2.75, 3.05) is 0 Å². The van der Waals surface area contributed by atoms with Crippen LogP contribution in [0.1, 0.15) is 10.4 Å². The van der Waals surface area contributed by atoms with Crippen LogP contribution in [0.2, 0.25) is 0 Å². The number of aromatic carboxylic acids is 1. The van der Waals surface area contributed by atoms with Gasteiger partial charge in [0.25, 0.3) is 0 Å². The van der Waals surface area contributed by atoms with Crippen molar-refractivity contribution in [1.29, 1.82) is 0 Å². The van der Waals surface area contributed by atoms with E-state index < -0.39 is 5.97 Å². The van der Waals surface area contributed by atoms with E-state index in [1.165, 1.54) is 11.8 Å². The van der Waals surface area contributed by atoms with Gasteiger partial charge in [0.2, 0.25) is 0 Å². The van der Waals surface area contributed by atoms with Crippen molar-refractivity contribution in [1.82, 2.24) is 0 Å². The predicted molar refractivity (Wildman–Crippen MR) is 73.3 cm³/mol. The van der Waals surface area contributed by atoms with Crippen molar-refractivity contribution < 1.29 is 15.0 Å². The molecule has 0 aliphatic rings. The van der Waals surface area contributed by atoms with Crippen LogP contribution in [-0.4, -0.2) is 16.2 Å². The quantitative estimate of drug-likeness (QED) is 0.895. The number of carbonyl (C=O) groups is 1. The van der Waals surface area contributed by atoms with E-state index in [4.69, 9.17) is 5.11 Å². The number of aromatic hydroxyl groups is 1. The lowest BCUT2D eigenvalue weighted by Crippen LogP contribution is -1.94. The molecule has 0 amide bonds. The van der Waals surface area contributed by atoms with E-state index in [0.717, 1.165) is 14.3 Å². The summed E-state index contributed by atoms with van der Waals surface area (Å²) in [4.78, 5) is 12.6. The SMILES string of the molecule is O=C(O)c1ccc(Sc2ccc(O)cc2Br)cc1. The molecule has 0 saturated heterocycles. The Morgan fingerprint density at radius 1 is 1.11 bits per heavy atom. The van der Waals surface area contributed by atoms with Crippen LogP contribution in [0, 0.1) is 0 Å². The van der Waals surface area contributed by atoms with Crippen LogP contribution in [-0.2, 0) is 0 Å².